The van der Waals surface area contributed by atoms with Crippen LogP contribution in [0.4, 0.5) is 0 Å². The van der Waals surface area contributed by atoms with Gasteiger partial charge in [0.15, 0.2) is 0 Å². The fraction of sp³-hybridized carbons (Fsp3) is 0.182. The van der Waals surface area contributed by atoms with Crippen molar-refractivity contribution < 1.29 is 9.21 Å². The van der Waals surface area contributed by atoms with Gasteiger partial charge in [0.1, 0.15) is 11.4 Å². The molecule has 1 heterocycles. The molecule has 2 aromatic rings. The number of ketones is 1. The minimum Gasteiger partial charge on any atom is -0.464 e. The Bertz CT molecular complexity index is 440. The van der Waals surface area contributed by atoms with Gasteiger partial charge in [0.25, 0.3) is 0 Å². The first-order valence-electron chi connectivity index (χ1n) is 4.22. The molecule has 0 radical (unpaired) electrons. The molecule has 1 aromatic carbocycles. The maximum atomic E-state index is 10.9. The van der Waals surface area contributed by atoms with Gasteiger partial charge in [0.2, 0.25) is 0 Å². The second-order valence-electron chi connectivity index (χ2n) is 3.13. The molecule has 0 fully saturated rings. The van der Waals surface area contributed by atoms with Crippen LogP contribution < -0.4 is 0 Å². The molecule has 0 bridgehead atoms. The summed E-state index contributed by atoms with van der Waals surface area (Å²) >= 11 is 0. The first kappa shape index (κ1) is 8.05. The molecule has 2 rings (SSSR count). The molecule has 1 aromatic heterocycles. The van der Waals surface area contributed by atoms with E-state index >= 15 is 0 Å². The smallest absolute Gasteiger partial charge is 0.134 e. The number of rotatable bonds is 2. The lowest BCUT2D eigenvalue weighted by Gasteiger charge is -1.98. The second kappa shape index (κ2) is 3.05. The number of fused-ring (bicyclic) bond motifs is 1. The largest absolute Gasteiger partial charge is 0.464 e. The van der Waals surface area contributed by atoms with E-state index in [0.29, 0.717) is 6.42 Å². The molecule has 0 aliphatic carbocycles. The zero-order valence-electron chi connectivity index (χ0n) is 7.41. The van der Waals surface area contributed by atoms with Crippen molar-refractivity contribution in [1.29, 1.82) is 0 Å². The highest BCUT2D eigenvalue weighted by molar-refractivity contribution is 5.87. The molecule has 0 aliphatic heterocycles. The van der Waals surface area contributed by atoms with E-state index in [-0.39, 0.29) is 5.78 Å². The van der Waals surface area contributed by atoms with Crippen LogP contribution in [-0.2, 0) is 11.2 Å². The van der Waals surface area contributed by atoms with Gasteiger partial charge in [-0.05, 0) is 24.6 Å². The monoisotopic (exact) mass is 174 g/mol. The molecule has 2 heteroatoms. The molecule has 0 atom stereocenters. The zero-order valence-corrected chi connectivity index (χ0v) is 7.41. The molecule has 2 nitrogen and oxygen atoms in total. The maximum absolute atomic E-state index is 10.9. The number of carbonyl (C=O) groups is 1. The first-order valence-corrected chi connectivity index (χ1v) is 4.22. The molecule has 66 valence electrons. The Balaban J connectivity index is 2.54. The van der Waals surface area contributed by atoms with Crippen molar-refractivity contribution in [2.24, 2.45) is 0 Å². The Morgan fingerprint density at radius 2 is 2.23 bits per heavy atom. The Morgan fingerprint density at radius 1 is 1.38 bits per heavy atom. The Kier molecular flexibility index (Phi) is 1.89. The van der Waals surface area contributed by atoms with Crippen LogP contribution in [0.2, 0.25) is 0 Å². The highest BCUT2D eigenvalue weighted by Crippen LogP contribution is 2.20. The van der Waals surface area contributed by atoms with Gasteiger partial charge in [-0.15, -0.1) is 0 Å². The molecule has 0 aliphatic rings. The SMILES string of the molecule is CC(=O)Cc1cccc2occc12. The molecular weight excluding hydrogens is 164 g/mol. The molecule has 0 saturated heterocycles. The third-order valence-corrected chi connectivity index (χ3v) is 2.03. The summed E-state index contributed by atoms with van der Waals surface area (Å²) in [5.41, 5.74) is 1.89. The summed E-state index contributed by atoms with van der Waals surface area (Å²) in [5.74, 6) is 0.175. The third-order valence-electron chi connectivity index (χ3n) is 2.03. The van der Waals surface area contributed by atoms with Crippen LogP contribution in [-0.4, -0.2) is 5.78 Å². The van der Waals surface area contributed by atoms with Gasteiger partial charge in [-0.2, -0.15) is 0 Å². The van der Waals surface area contributed by atoms with Crippen molar-refractivity contribution in [2.75, 3.05) is 0 Å². The van der Waals surface area contributed by atoms with Crippen molar-refractivity contribution in [1.82, 2.24) is 0 Å². The number of Topliss-reactive ketones (excluding diaryl/α,β-unsaturated/α-hetero) is 1. The van der Waals surface area contributed by atoms with Crippen LogP contribution in [0.5, 0.6) is 0 Å². The summed E-state index contributed by atoms with van der Waals surface area (Å²) in [6.45, 7) is 1.60. The Morgan fingerprint density at radius 3 is 3.00 bits per heavy atom. The summed E-state index contributed by atoms with van der Waals surface area (Å²) in [6.07, 6.45) is 2.13. The van der Waals surface area contributed by atoms with Crippen molar-refractivity contribution in [3.8, 4) is 0 Å². The summed E-state index contributed by atoms with van der Waals surface area (Å²) in [5, 5.41) is 1.04. The molecule has 0 saturated carbocycles. The van der Waals surface area contributed by atoms with E-state index in [9.17, 15) is 4.79 Å². The standard InChI is InChI=1S/C11H10O2/c1-8(12)7-9-3-2-4-11-10(9)5-6-13-11/h2-6H,7H2,1H3. The van der Waals surface area contributed by atoms with Crippen LogP contribution in [0.1, 0.15) is 12.5 Å². The van der Waals surface area contributed by atoms with E-state index in [0.717, 1.165) is 16.5 Å². The molecule has 0 unspecified atom stereocenters. The lowest BCUT2D eigenvalue weighted by Crippen LogP contribution is -1.95. The molecule has 0 N–H and O–H groups in total. The number of hydrogen-bond acceptors (Lipinski definition) is 2. The minimum absolute atomic E-state index is 0.175. The van der Waals surface area contributed by atoms with E-state index in [4.69, 9.17) is 4.42 Å². The summed E-state index contributed by atoms with van der Waals surface area (Å²) in [7, 11) is 0. The third kappa shape index (κ3) is 1.47. The van der Waals surface area contributed by atoms with Gasteiger partial charge in [-0.3, -0.25) is 4.79 Å². The van der Waals surface area contributed by atoms with Gasteiger partial charge < -0.3 is 4.42 Å². The maximum Gasteiger partial charge on any atom is 0.134 e. The predicted molar refractivity (Wildman–Crippen MR) is 50.6 cm³/mol. The van der Waals surface area contributed by atoms with Gasteiger partial charge in [0.05, 0.1) is 6.26 Å². The van der Waals surface area contributed by atoms with Crippen molar-refractivity contribution in [3.63, 3.8) is 0 Å². The average Bonchev–Trinajstić information content (AvgIpc) is 2.51. The predicted octanol–water partition coefficient (Wildman–Crippen LogP) is 2.56. The summed E-state index contributed by atoms with van der Waals surface area (Å²) in [6, 6.07) is 7.66. The Labute approximate surface area is 76.2 Å². The first-order chi connectivity index (χ1) is 6.27. The van der Waals surface area contributed by atoms with Crippen molar-refractivity contribution in [2.45, 2.75) is 13.3 Å². The quantitative estimate of drug-likeness (QED) is 0.700. The van der Waals surface area contributed by atoms with E-state index in [1.54, 1.807) is 13.2 Å². The molecular formula is C11H10O2. The average molecular weight is 174 g/mol. The second-order valence-corrected chi connectivity index (χ2v) is 3.13. The van der Waals surface area contributed by atoms with Gasteiger partial charge in [-0.25, -0.2) is 0 Å². The van der Waals surface area contributed by atoms with E-state index in [1.807, 2.05) is 24.3 Å². The summed E-state index contributed by atoms with van der Waals surface area (Å²) in [4.78, 5) is 10.9. The van der Waals surface area contributed by atoms with Crippen LogP contribution >= 0.6 is 0 Å². The lowest BCUT2D eigenvalue weighted by molar-refractivity contribution is -0.116. The van der Waals surface area contributed by atoms with Crippen molar-refractivity contribution in [3.05, 3.63) is 36.1 Å². The van der Waals surface area contributed by atoms with Crippen LogP contribution in [0.15, 0.2) is 34.9 Å². The van der Waals surface area contributed by atoms with Crippen LogP contribution in [0.3, 0.4) is 0 Å². The van der Waals surface area contributed by atoms with E-state index in [2.05, 4.69) is 0 Å². The Hall–Kier alpha value is -1.57. The number of carbonyl (C=O) groups excluding carboxylic acids is 1. The van der Waals surface area contributed by atoms with Gasteiger partial charge >= 0.3 is 0 Å². The normalized spacial score (nSPS) is 10.5. The number of benzene rings is 1. The zero-order chi connectivity index (χ0) is 9.26. The topological polar surface area (TPSA) is 30.2 Å². The number of hydrogen-bond donors (Lipinski definition) is 0. The fourth-order valence-corrected chi connectivity index (χ4v) is 1.48. The van der Waals surface area contributed by atoms with Crippen LogP contribution in [0.25, 0.3) is 11.0 Å². The highest BCUT2D eigenvalue weighted by Gasteiger charge is 2.04. The van der Waals surface area contributed by atoms with Crippen LogP contribution in [0, 0.1) is 0 Å². The van der Waals surface area contributed by atoms with E-state index in [1.165, 1.54) is 0 Å². The molecule has 0 spiro atoms. The number of furan rings is 1. The van der Waals surface area contributed by atoms with Gasteiger partial charge in [0, 0.05) is 11.8 Å². The molecule has 13 heavy (non-hydrogen) atoms. The summed E-state index contributed by atoms with van der Waals surface area (Å²) < 4.78 is 5.23. The lowest BCUT2D eigenvalue weighted by atomic mass is 10.1. The van der Waals surface area contributed by atoms with Crippen molar-refractivity contribution >= 4 is 16.8 Å². The van der Waals surface area contributed by atoms with E-state index < -0.39 is 0 Å². The molecule has 0 amide bonds. The fourth-order valence-electron chi connectivity index (χ4n) is 1.48. The minimum atomic E-state index is 0.175. The van der Waals surface area contributed by atoms with Gasteiger partial charge in [-0.1, -0.05) is 12.1 Å². The highest BCUT2D eigenvalue weighted by atomic mass is 16.3.